The topological polar surface area (TPSA) is 104 Å². The molecule has 0 spiro atoms. The third-order valence-electron chi connectivity index (χ3n) is 5.59. The Morgan fingerprint density at radius 3 is 2.68 bits per heavy atom. The Morgan fingerprint density at radius 1 is 1.16 bits per heavy atom. The zero-order valence-corrected chi connectivity index (χ0v) is 17.4. The summed E-state index contributed by atoms with van der Waals surface area (Å²) in [4.78, 5) is 22.6. The first-order chi connectivity index (χ1) is 15.0. The molecule has 8 nitrogen and oxygen atoms in total. The quantitative estimate of drug-likeness (QED) is 0.515. The highest BCUT2D eigenvalue weighted by molar-refractivity contribution is 6.10. The molecule has 0 bridgehead atoms. The SMILES string of the molecule is CC[C@@H](C)NC(=O)c1c(N)n(Cc2ccc3c(c2)OCO3)c2nc3ccccc3nc12. The Balaban J connectivity index is 1.66. The summed E-state index contributed by atoms with van der Waals surface area (Å²) >= 11 is 0. The Labute approximate surface area is 179 Å². The first-order valence-electron chi connectivity index (χ1n) is 10.3. The van der Waals surface area contributed by atoms with Gasteiger partial charge in [-0.3, -0.25) is 4.79 Å². The van der Waals surface area contributed by atoms with Crippen molar-refractivity contribution in [1.82, 2.24) is 19.9 Å². The molecular weight excluding hydrogens is 394 g/mol. The summed E-state index contributed by atoms with van der Waals surface area (Å²) in [6.45, 7) is 4.61. The fourth-order valence-electron chi connectivity index (χ4n) is 3.72. The number of carbonyl (C=O) groups excluding carboxylic acids is 1. The zero-order valence-electron chi connectivity index (χ0n) is 17.4. The van der Waals surface area contributed by atoms with E-state index in [0.717, 1.165) is 17.5 Å². The lowest BCUT2D eigenvalue weighted by Crippen LogP contribution is -2.32. The third-order valence-corrected chi connectivity index (χ3v) is 5.59. The van der Waals surface area contributed by atoms with E-state index in [0.29, 0.717) is 46.1 Å². The van der Waals surface area contributed by atoms with Gasteiger partial charge in [0.25, 0.3) is 5.91 Å². The van der Waals surface area contributed by atoms with Crippen LogP contribution in [0.4, 0.5) is 5.82 Å². The average molecular weight is 417 g/mol. The molecule has 1 aliphatic heterocycles. The van der Waals surface area contributed by atoms with E-state index in [2.05, 4.69) is 5.32 Å². The minimum absolute atomic E-state index is 0.0209. The Bertz CT molecular complexity index is 1310. The van der Waals surface area contributed by atoms with Gasteiger partial charge in [-0.2, -0.15) is 0 Å². The molecule has 158 valence electrons. The number of nitrogens with two attached hydrogens (primary N) is 1. The van der Waals surface area contributed by atoms with Crippen LogP contribution in [0.5, 0.6) is 11.5 Å². The summed E-state index contributed by atoms with van der Waals surface area (Å²) in [5.74, 6) is 1.50. The van der Waals surface area contributed by atoms with Crippen molar-refractivity contribution in [3.05, 3.63) is 53.6 Å². The van der Waals surface area contributed by atoms with Gasteiger partial charge in [0.05, 0.1) is 17.6 Å². The number of anilines is 1. The van der Waals surface area contributed by atoms with Crippen LogP contribution in [0.15, 0.2) is 42.5 Å². The van der Waals surface area contributed by atoms with E-state index >= 15 is 0 Å². The highest BCUT2D eigenvalue weighted by atomic mass is 16.7. The van der Waals surface area contributed by atoms with Gasteiger partial charge in [-0.25, -0.2) is 9.97 Å². The number of nitrogens with one attached hydrogen (secondary N) is 1. The second-order valence-corrected chi connectivity index (χ2v) is 7.70. The second-order valence-electron chi connectivity index (χ2n) is 7.70. The summed E-state index contributed by atoms with van der Waals surface area (Å²) in [6, 6.07) is 13.3. The van der Waals surface area contributed by atoms with Gasteiger partial charge in [-0.15, -0.1) is 0 Å². The van der Waals surface area contributed by atoms with Crippen LogP contribution in [0, 0.1) is 0 Å². The van der Waals surface area contributed by atoms with Crippen LogP contribution in [0.3, 0.4) is 0 Å². The lowest BCUT2D eigenvalue weighted by molar-refractivity contribution is 0.0941. The molecule has 0 aliphatic carbocycles. The Morgan fingerprint density at radius 2 is 1.90 bits per heavy atom. The molecule has 0 saturated heterocycles. The number of hydrogen-bond acceptors (Lipinski definition) is 6. The van der Waals surface area contributed by atoms with Gasteiger partial charge >= 0.3 is 0 Å². The van der Waals surface area contributed by atoms with Gasteiger partial charge in [-0.1, -0.05) is 25.1 Å². The van der Waals surface area contributed by atoms with Crippen molar-refractivity contribution in [2.45, 2.75) is 32.9 Å². The van der Waals surface area contributed by atoms with Gasteiger partial charge in [0.1, 0.15) is 16.9 Å². The van der Waals surface area contributed by atoms with Crippen molar-refractivity contribution < 1.29 is 14.3 Å². The monoisotopic (exact) mass is 417 g/mol. The van der Waals surface area contributed by atoms with Crippen LogP contribution >= 0.6 is 0 Å². The average Bonchev–Trinajstić information content (AvgIpc) is 3.34. The van der Waals surface area contributed by atoms with Crippen molar-refractivity contribution in [3.63, 3.8) is 0 Å². The predicted octanol–water partition coefficient (Wildman–Crippen LogP) is 3.47. The van der Waals surface area contributed by atoms with E-state index in [1.54, 1.807) is 0 Å². The highest BCUT2D eigenvalue weighted by Gasteiger charge is 2.25. The number of nitrogens with zero attached hydrogens (tertiary/aromatic N) is 3. The molecular formula is C23H23N5O3. The van der Waals surface area contributed by atoms with Crippen LogP contribution in [0.2, 0.25) is 0 Å². The maximum atomic E-state index is 13.1. The molecule has 0 radical (unpaired) electrons. The molecule has 3 heterocycles. The summed E-state index contributed by atoms with van der Waals surface area (Å²) in [5, 5.41) is 3.00. The molecule has 0 fully saturated rings. The van der Waals surface area contributed by atoms with E-state index in [1.807, 2.05) is 60.9 Å². The molecule has 4 aromatic rings. The van der Waals surface area contributed by atoms with E-state index in [4.69, 9.17) is 25.2 Å². The normalized spacial score (nSPS) is 13.6. The van der Waals surface area contributed by atoms with Gasteiger partial charge in [-0.05, 0) is 43.2 Å². The van der Waals surface area contributed by atoms with Crippen molar-refractivity contribution in [1.29, 1.82) is 0 Å². The Hall–Kier alpha value is -3.81. The predicted molar refractivity (Wildman–Crippen MR) is 118 cm³/mol. The molecule has 3 N–H and O–H groups in total. The van der Waals surface area contributed by atoms with Crippen molar-refractivity contribution in [2.24, 2.45) is 0 Å². The number of nitrogen functional groups attached to an aromatic ring is 1. The number of para-hydroxylation sites is 2. The van der Waals surface area contributed by atoms with Crippen LogP contribution < -0.4 is 20.5 Å². The number of aromatic nitrogens is 3. The second kappa shape index (κ2) is 7.46. The minimum Gasteiger partial charge on any atom is -0.454 e. The lowest BCUT2D eigenvalue weighted by Gasteiger charge is -2.12. The molecule has 8 heteroatoms. The fraction of sp³-hybridized carbons (Fsp3) is 0.261. The highest BCUT2D eigenvalue weighted by Crippen LogP contribution is 2.34. The summed E-state index contributed by atoms with van der Waals surface area (Å²) < 4.78 is 12.7. The van der Waals surface area contributed by atoms with E-state index in [1.165, 1.54) is 0 Å². The van der Waals surface area contributed by atoms with Crippen LogP contribution in [0.25, 0.3) is 22.2 Å². The summed E-state index contributed by atoms with van der Waals surface area (Å²) in [5.41, 5.74) is 10.4. The maximum Gasteiger partial charge on any atom is 0.257 e. The molecule has 0 saturated carbocycles. The molecule has 5 rings (SSSR count). The van der Waals surface area contributed by atoms with Crippen LogP contribution in [0.1, 0.15) is 36.2 Å². The third kappa shape index (κ3) is 3.30. The van der Waals surface area contributed by atoms with Crippen molar-refractivity contribution >= 4 is 33.9 Å². The smallest absolute Gasteiger partial charge is 0.257 e. The number of carbonyl (C=O) groups is 1. The number of ether oxygens (including phenoxy) is 2. The fourth-order valence-corrected chi connectivity index (χ4v) is 3.72. The van der Waals surface area contributed by atoms with Crippen molar-refractivity contribution in [2.75, 3.05) is 12.5 Å². The van der Waals surface area contributed by atoms with E-state index in [-0.39, 0.29) is 18.7 Å². The lowest BCUT2D eigenvalue weighted by atomic mass is 10.2. The molecule has 1 aliphatic rings. The molecule has 31 heavy (non-hydrogen) atoms. The summed E-state index contributed by atoms with van der Waals surface area (Å²) in [6.07, 6.45) is 0.816. The van der Waals surface area contributed by atoms with E-state index in [9.17, 15) is 4.79 Å². The van der Waals surface area contributed by atoms with Gasteiger partial charge in [0.15, 0.2) is 17.1 Å². The van der Waals surface area contributed by atoms with Crippen molar-refractivity contribution in [3.8, 4) is 11.5 Å². The Kier molecular flexibility index (Phi) is 4.62. The molecule has 2 aromatic carbocycles. The summed E-state index contributed by atoms with van der Waals surface area (Å²) in [7, 11) is 0. The van der Waals surface area contributed by atoms with Gasteiger partial charge in [0.2, 0.25) is 6.79 Å². The first kappa shape index (κ1) is 19.2. The maximum absolute atomic E-state index is 13.1. The number of fused-ring (bicyclic) bond motifs is 3. The molecule has 0 unspecified atom stereocenters. The number of hydrogen-bond donors (Lipinski definition) is 2. The standard InChI is InChI=1S/C23H23N5O3/c1-3-13(2)25-23(29)19-20-22(27-16-7-5-4-6-15(16)26-20)28(21(19)24)11-14-8-9-17-18(10-14)31-12-30-17/h4-10,13H,3,11-12,24H2,1-2H3,(H,25,29)/t13-/m1/s1. The van der Waals surface area contributed by atoms with Gasteiger partial charge < -0.3 is 25.1 Å². The number of amides is 1. The number of benzene rings is 2. The van der Waals surface area contributed by atoms with Crippen LogP contribution in [-0.2, 0) is 6.54 Å². The zero-order chi connectivity index (χ0) is 21.5. The van der Waals surface area contributed by atoms with Crippen LogP contribution in [-0.4, -0.2) is 33.3 Å². The largest absolute Gasteiger partial charge is 0.454 e. The van der Waals surface area contributed by atoms with E-state index < -0.39 is 0 Å². The number of rotatable bonds is 5. The minimum atomic E-state index is -0.245. The molecule has 2 aromatic heterocycles. The molecule has 1 atom stereocenters. The first-order valence-corrected chi connectivity index (χ1v) is 10.3. The molecule has 1 amide bonds. The van der Waals surface area contributed by atoms with Gasteiger partial charge in [0, 0.05) is 6.04 Å².